The second-order valence-corrected chi connectivity index (χ2v) is 16.6. The molecule has 0 saturated carbocycles. The first-order valence-corrected chi connectivity index (χ1v) is 20.7. The molecule has 0 aliphatic heterocycles. The highest BCUT2D eigenvalue weighted by atomic mass is 15.0. The average molecular weight is 766 g/mol. The van der Waals surface area contributed by atoms with E-state index in [9.17, 15) is 0 Å². The molecule has 0 fully saturated rings. The van der Waals surface area contributed by atoms with Gasteiger partial charge in [0, 0.05) is 38.3 Å². The van der Waals surface area contributed by atoms with Gasteiger partial charge in [0.15, 0.2) is 5.82 Å². The van der Waals surface area contributed by atoms with E-state index < -0.39 is 0 Å². The molecule has 0 saturated heterocycles. The van der Waals surface area contributed by atoms with Gasteiger partial charge in [-0.3, -0.25) is 0 Å². The van der Waals surface area contributed by atoms with Crippen molar-refractivity contribution >= 4 is 43.4 Å². The van der Waals surface area contributed by atoms with Gasteiger partial charge in [-0.15, -0.1) is 0 Å². The lowest BCUT2D eigenvalue weighted by atomic mass is 9.80. The largest absolute Gasteiger partial charge is 0.309 e. The lowest BCUT2D eigenvalue weighted by Gasteiger charge is -2.23. The first-order chi connectivity index (χ1) is 29.5. The van der Waals surface area contributed by atoms with Crippen molar-refractivity contribution in [3.8, 4) is 61.8 Å². The molecule has 0 N–H and O–H groups in total. The number of nitrogens with zero attached hydrogens (tertiary/aromatic N) is 3. The SMILES string of the molecule is CC1(C)c2cc3c(cc2-c2ccc4ccccc4c21)c1ccccc1n3-c1ccc(-c2nc(-c3ccccc3)cc(-c3ccc(-c4ccccc4)cc3)n2)c2ccccc12. The predicted molar refractivity (Wildman–Crippen MR) is 251 cm³/mol. The van der Waals surface area contributed by atoms with Gasteiger partial charge < -0.3 is 4.57 Å². The number of aromatic nitrogens is 3. The Bertz CT molecular complexity index is 3490. The molecule has 0 amide bonds. The fraction of sp³-hybridized carbons (Fsp3) is 0.0526. The van der Waals surface area contributed by atoms with Crippen LogP contribution in [0, 0.1) is 0 Å². The third kappa shape index (κ3) is 5.22. The van der Waals surface area contributed by atoms with E-state index in [-0.39, 0.29) is 5.41 Å². The Hall–Kier alpha value is -7.62. The van der Waals surface area contributed by atoms with E-state index in [2.05, 4.69) is 213 Å². The molecule has 0 spiro atoms. The van der Waals surface area contributed by atoms with Gasteiger partial charge in [-0.25, -0.2) is 9.97 Å². The molecular formula is C57H39N3. The number of hydrogen-bond donors (Lipinski definition) is 0. The van der Waals surface area contributed by atoms with Crippen LogP contribution in [0.1, 0.15) is 25.0 Å². The normalized spacial score (nSPS) is 13.0. The minimum absolute atomic E-state index is 0.173. The molecule has 0 unspecified atom stereocenters. The number of rotatable bonds is 5. The number of fused-ring (bicyclic) bond motifs is 9. The molecule has 0 bridgehead atoms. The molecule has 3 heteroatoms. The van der Waals surface area contributed by atoms with E-state index in [0.29, 0.717) is 5.82 Å². The maximum atomic E-state index is 5.32. The van der Waals surface area contributed by atoms with Crippen molar-refractivity contribution < 1.29 is 0 Å². The highest BCUT2D eigenvalue weighted by Crippen LogP contribution is 2.53. The van der Waals surface area contributed by atoms with Crippen LogP contribution in [-0.2, 0) is 5.41 Å². The summed E-state index contributed by atoms with van der Waals surface area (Å²) in [5.74, 6) is 0.702. The fourth-order valence-electron chi connectivity index (χ4n) is 9.93. The third-order valence-electron chi connectivity index (χ3n) is 12.8. The van der Waals surface area contributed by atoms with Crippen molar-refractivity contribution in [3.63, 3.8) is 0 Å². The van der Waals surface area contributed by atoms with Crippen molar-refractivity contribution in [1.82, 2.24) is 14.5 Å². The zero-order valence-electron chi connectivity index (χ0n) is 33.4. The summed E-state index contributed by atoms with van der Waals surface area (Å²) in [5.41, 5.74) is 16.1. The van der Waals surface area contributed by atoms with Crippen LogP contribution in [0.5, 0.6) is 0 Å². The lowest BCUT2D eigenvalue weighted by Crippen LogP contribution is -2.15. The van der Waals surface area contributed by atoms with E-state index in [4.69, 9.17) is 9.97 Å². The van der Waals surface area contributed by atoms with Gasteiger partial charge in [0.2, 0.25) is 0 Å². The molecule has 2 aromatic heterocycles. The lowest BCUT2D eigenvalue weighted by molar-refractivity contribution is 0.667. The molecule has 60 heavy (non-hydrogen) atoms. The van der Waals surface area contributed by atoms with E-state index in [1.54, 1.807) is 0 Å². The average Bonchev–Trinajstić information content (AvgIpc) is 3.75. The predicted octanol–water partition coefficient (Wildman–Crippen LogP) is 14.9. The van der Waals surface area contributed by atoms with Gasteiger partial charge in [0.25, 0.3) is 0 Å². The van der Waals surface area contributed by atoms with Crippen LogP contribution in [-0.4, -0.2) is 14.5 Å². The van der Waals surface area contributed by atoms with Crippen LogP contribution >= 0.6 is 0 Å². The first-order valence-electron chi connectivity index (χ1n) is 20.7. The topological polar surface area (TPSA) is 30.7 Å². The summed E-state index contributed by atoms with van der Waals surface area (Å²) < 4.78 is 2.48. The Labute approximate surface area is 348 Å². The quantitative estimate of drug-likeness (QED) is 0.175. The summed E-state index contributed by atoms with van der Waals surface area (Å²) in [4.78, 5) is 10.6. The van der Waals surface area contributed by atoms with Crippen LogP contribution in [0.15, 0.2) is 200 Å². The highest BCUT2D eigenvalue weighted by molar-refractivity contribution is 6.14. The smallest absolute Gasteiger partial charge is 0.161 e. The minimum atomic E-state index is -0.173. The zero-order chi connectivity index (χ0) is 40.0. The van der Waals surface area contributed by atoms with E-state index >= 15 is 0 Å². The summed E-state index contributed by atoms with van der Waals surface area (Å²) in [6.45, 7) is 4.78. The Morgan fingerprint density at radius 2 is 0.950 bits per heavy atom. The molecule has 1 aliphatic carbocycles. The first kappa shape index (κ1) is 34.4. The van der Waals surface area contributed by atoms with Gasteiger partial charge in [-0.05, 0) is 85.9 Å². The summed E-state index contributed by atoms with van der Waals surface area (Å²) in [7, 11) is 0. The molecule has 11 aromatic rings. The molecule has 9 aromatic carbocycles. The molecular weight excluding hydrogens is 727 g/mol. The standard InChI is InChI=1S/C57H39N3/c1-57(2)49-34-54-48(33-47(49)45-30-29-38-17-9-10-20-41(38)55(45)57)44-23-13-14-24-52(44)60(54)53-32-31-46(42-21-11-12-22-43(42)53)56-58-50(39-18-7-4-8-19-39)35-51(59-56)40-27-25-37(26-28-40)36-15-5-3-6-16-36/h3-35H,1-2H3. The van der Waals surface area contributed by atoms with Crippen molar-refractivity contribution in [2.24, 2.45) is 0 Å². The number of hydrogen-bond acceptors (Lipinski definition) is 2. The van der Waals surface area contributed by atoms with Gasteiger partial charge in [-0.1, -0.05) is 178 Å². The van der Waals surface area contributed by atoms with Gasteiger partial charge >= 0.3 is 0 Å². The van der Waals surface area contributed by atoms with E-state index in [1.165, 1.54) is 66.0 Å². The summed E-state index contributed by atoms with van der Waals surface area (Å²) in [6.07, 6.45) is 0. The Kier molecular flexibility index (Phi) is 7.58. The summed E-state index contributed by atoms with van der Waals surface area (Å²) >= 11 is 0. The van der Waals surface area contributed by atoms with Crippen LogP contribution in [0.2, 0.25) is 0 Å². The molecule has 282 valence electrons. The second-order valence-electron chi connectivity index (χ2n) is 16.6. The molecule has 0 atom stereocenters. The van der Waals surface area contributed by atoms with Crippen LogP contribution < -0.4 is 0 Å². The Morgan fingerprint density at radius 1 is 0.383 bits per heavy atom. The monoisotopic (exact) mass is 765 g/mol. The third-order valence-corrected chi connectivity index (χ3v) is 12.8. The highest BCUT2D eigenvalue weighted by Gasteiger charge is 2.38. The molecule has 2 heterocycles. The summed E-state index contributed by atoms with van der Waals surface area (Å²) in [6, 6.07) is 72.2. The Morgan fingerprint density at radius 3 is 1.70 bits per heavy atom. The second kappa shape index (κ2) is 13.2. The van der Waals surface area contributed by atoms with Gasteiger partial charge in [-0.2, -0.15) is 0 Å². The van der Waals surface area contributed by atoms with Crippen molar-refractivity contribution in [2.75, 3.05) is 0 Å². The van der Waals surface area contributed by atoms with Gasteiger partial charge in [0.1, 0.15) is 0 Å². The Balaban J connectivity index is 1.05. The van der Waals surface area contributed by atoms with Crippen LogP contribution in [0.3, 0.4) is 0 Å². The maximum Gasteiger partial charge on any atom is 0.161 e. The van der Waals surface area contributed by atoms with Crippen molar-refractivity contribution in [1.29, 1.82) is 0 Å². The van der Waals surface area contributed by atoms with Crippen LogP contribution in [0.25, 0.3) is 105 Å². The van der Waals surface area contributed by atoms with Gasteiger partial charge in [0.05, 0.1) is 28.1 Å². The van der Waals surface area contributed by atoms with E-state index in [0.717, 1.165) is 44.5 Å². The van der Waals surface area contributed by atoms with Crippen LogP contribution in [0.4, 0.5) is 0 Å². The fourth-order valence-corrected chi connectivity index (χ4v) is 9.93. The molecule has 1 aliphatic rings. The van der Waals surface area contributed by atoms with E-state index in [1.807, 2.05) is 6.07 Å². The van der Waals surface area contributed by atoms with Crippen molar-refractivity contribution in [3.05, 3.63) is 211 Å². The number of para-hydroxylation sites is 1. The number of benzene rings is 9. The minimum Gasteiger partial charge on any atom is -0.309 e. The summed E-state index contributed by atoms with van der Waals surface area (Å²) in [5, 5.41) is 7.38. The molecule has 0 radical (unpaired) electrons. The maximum absolute atomic E-state index is 5.32. The zero-order valence-corrected chi connectivity index (χ0v) is 33.4. The molecule has 3 nitrogen and oxygen atoms in total. The molecule has 12 rings (SSSR count). The van der Waals surface area contributed by atoms with Crippen molar-refractivity contribution in [2.45, 2.75) is 19.3 Å².